The van der Waals surface area contributed by atoms with Crippen LogP contribution in [0.2, 0.25) is 0 Å². The Morgan fingerprint density at radius 2 is 1.83 bits per heavy atom. The predicted molar refractivity (Wildman–Crippen MR) is 106 cm³/mol. The lowest BCUT2D eigenvalue weighted by atomic mass is 10.2. The molecule has 1 aromatic carbocycles. The minimum absolute atomic E-state index is 0.115. The van der Waals surface area contributed by atoms with Gasteiger partial charge in [0.05, 0.1) is 5.69 Å². The van der Waals surface area contributed by atoms with Gasteiger partial charge in [-0.15, -0.1) is 0 Å². The SMILES string of the molecule is CCN1CCN(c2ccc(N3CCC(=O)NC3=O)cc2OS(=O)(=O)F)CC1.O=CO. The number of anilines is 2. The highest BCUT2D eigenvalue weighted by molar-refractivity contribution is 7.81. The molecule has 1 aromatic rings. The van der Waals surface area contributed by atoms with Crippen LogP contribution in [0.15, 0.2) is 18.2 Å². The van der Waals surface area contributed by atoms with Crippen molar-refractivity contribution in [3.8, 4) is 5.75 Å². The van der Waals surface area contributed by atoms with Gasteiger partial charge < -0.3 is 19.1 Å². The molecule has 0 atom stereocenters. The number of likely N-dealkylation sites (N-methyl/N-ethyl adjacent to an activating group) is 1. The van der Waals surface area contributed by atoms with Gasteiger partial charge in [0, 0.05) is 50.9 Å². The van der Waals surface area contributed by atoms with Crippen molar-refractivity contribution < 1.29 is 36.0 Å². The quantitative estimate of drug-likeness (QED) is 0.491. The molecule has 0 bridgehead atoms. The summed E-state index contributed by atoms with van der Waals surface area (Å²) in [6, 6.07) is 3.90. The second-order valence-electron chi connectivity index (χ2n) is 6.41. The summed E-state index contributed by atoms with van der Waals surface area (Å²) < 4.78 is 39.9. The normalized spacial score (nSPS) is 17.7. The first-order valence-corrected chi connectivity index (χ1v) is 10.4. The van der Waals surface area contributed by atoms with Crippen molar-refractivity contribution in [1.29, 1.82) is 0 Å². The van der Waals surface area contributed by atoms with Crippen LogP contribution in [0, 0.1) is 0 Å². The van der Waals surface area contributed by atoms with E-state index in [1.54, 1.807) is 12.1 Å². The minimum Gasteiger partial charge on any atom is -0.483 e. The summed E-state index contributed by atoms with van der Waals surface area (Å²) >= 11 is 0. The molecule has 13 heteroatoms. The molecular formula is C17H23FN4O7S. The summed E-state index contributed by atoms with van der Waals surface area (Å²) in [6.45, 7) is 5.71. The summed E-state index contributed by atoms with van der Waals surface area (Å²) in [5.41, 5.74) is 0.749. The third kappa shape index (κ3) is 6.29. The zero-order chi connectivity index (χ0) is 22.3. The van der Waals surface area contributed by atoms with E-state index in [9.17, 15) is 21.9 Å². The molecule has 30 heavy (non-hydrogen) atoms. The number of halogens is 1. The largest absolute Gasteiger partial charge is 0.488 e. The maximum Gasteiger partial charge on any atom is 0.488 e. The zero-order valence-corrected chi connectivity index (χ0v) is 17.1. The highest BCUT2D eigenvalue weighted by Crippen LogP contribution is 2.35. The van der Waals surface area contributed by atoms with Crippen molar-refractivity contribution in [3.63, 3.8) is 0 Å². The van der Waals surface area contributed by atoms with Gasteiger partial charge in [0.2, 0.25) is 5.91 Å². The van der Waals surface area contributed by atoms with Gasteiger partial charge in [-0.2, -0.15) is 8.42 Å². The van der Waals surface area contributed by atoms with Gasteiger partial charge in [-0.25, -0.2) is 4.79 Å². The van der Waals surface area contributed by atoms with Gasteiger partial charge in [0.15, 0.2) is 5.75 Å². The summed E-state index contributed by atoms with van der Waals surface area (Å²) in [4.78, 5) is 37.1. The number of benzene rings is 1. The van der Waals surface area contributed by atoms with Crippen LogP contribution >= 0.6 is 0 Å². The van der Waals surface area contributed by atoms with Gasteiger partial charge in [-0.3, -0.25) is 19.8 Å². The molecule has 0 saturated carbocycles. The lowest BCUT2D eigenvalue weighted by Crippen LogP contribution is -2.49. The van der Waals surface area contributed by atoms with E-state index in [4.69, 9.17) is 9.90 Å². The van der Waals surface area contributed by atoms with Crippen LogP contribution in [0.5, 0.6) is 5.75 Å². The second kappa shape index (κ2) is 10.2. The summed E-state index contributed by atoms with van der Waals surface area (Å²) in [7, 11) is -5.23. The predicted octanol–water partition coefficient (Wildman–Crippen LogP) is 0.569. The lowest BCUT2D eigenvalue weighted by molar-refractivity contribution is -0.123. The molecule has 0 spiro atoms. The van der Waals surface area contributed by atoms with Crippen molar-refractivity contribution >= 4 is 40.3 Å². The van der Waals surface area contributed by atoms with Crippen LogP contribution in [0.3, 0.4) is 0 Å². The van der Waals surface area contributed by atoms with E-state index in [-0.39, 0.29) is 31.1 Å². The Morgan fingerprint density at radius 1 is 1.20 bits per heavy atom. The Labute approximate surface area is 173 Å². The number of imide groups is 1. The Kier molecular flexibility index (Phi) is 7.94. The van der Waals surface area contributed by atoms with Gasteiger partial charge in [0.1, 0.15) is 0 Å². The van der Waals surface area contributed by atoms with Crippen molar-refractivity contribution in [1.82, 2.24) is 10.2 Å². The number of hydrogen-bond donors (Lipinski definition) is 2. The fourth-order valence-corrected chi connectivity index (χ4v) is 3.57. The Balaban J connectivity index is 0.00000101. The van der Waals surface area contributed by atoms with Crippen molar-refractivity contribution in [2.24, 2.45) is 0 Å². The lowest BCUT2D eigenvalue weighted by Gasteiger charge is -2.36. The molecule has 2 saturated heterocycles. The molecule has 0 aromatic heterocycles. The van der Waals surface area contributed by atoms with Crippen LogP contribution in [-0.4, -0.2) is 76.1 Å². The highest BCUT2D eigenvalue weighted by atomic mass is 32.3. The molecule has 0 radical (unpaired) electrons. The van der Waals surface area contributed by atoms with E-state index >= 15 is 0 Å². The Hall–Kier alpha value is -2.93. The number of rotatable bonds is 5. The summed E-state index contributed by atoms with van der Waals surface area (Å²) in [5, 5.41) is 9.07. The van der Waals surface area contributed by atoms with E-state index in [1.807, 2.05) is 4.90 Å². The number of carbonyl (C=O) groups excluding carboxylic acids is 2. The van der Waals surface area contributed by atoms with Gasteiger partial charge in [-0.05, 0) is 18.7 Å². The average Bonchev–Trinajstić information content (AvgIpc) is 2.67. The van der Waals surface area contributed by atoms with Crippen LogP contribution < -0.4 is 19.3 Å². The van der Waals surface area contributed by atoms with Crippen molar-refractivity contribution in [3.05, 3.63) is 18.2 Å². The molecule has 2 heterocycles. The molecule has 2 aliphatic rings. The first kappa shape index (κ1) is 23.3. The monoisotopic (exact) mass is 446 g/mol. The molecule has 2 fully saturated rings. The van der Waals surface area contributed by atoms with E-state index in [0.717, 1.165) is 19.6 Å². The number of urea groups is 1. The molecule has 11 nitrogen and oxygen atoms in total. The van der Waals surface area contributed by atoms with Crippen molar-refractivity contribution in [2.75, 3.05) is 49.1 Å². The number of amides is 3. The molecule has 3 amide bonds. The Bertz CT molecular complexity index is 888. The molecule has 166 valence electrons. The number of nitrogens with zero attached hydrogens (tertiary/aromatic N) is 3. The van der Waals surface area contributed by atoms with Crippen molar-refractivity contribution in [2.45, 2.75) is 13.3 Å². The maximum absolute atomic E-state index is 13.2. The molecule has 2 aliphatic heterocycles. The van der Waals surface area contributed by atoms with E-state index < -0.39 is 16.5 Å². The fraction of sp³-hybridized carbons (Fsp3) is 0.471. The smallest absolute Gasteiger partial charge is 0.483 e. The summed E-state index contributed by atoms with van der Waals surface area (Å²) in [6.07, 6.45) is 0.115. The number of carboxylic acid groups (broad SMARTS) is 1. The second-order valence-corrected chi connectivity index (χ2v) is 7.36. The number of piperazine rings is 1. The fourth-order valence-electron chi connectivity index (χ4n) is 3.22. The molecule has 2 N–H and O–H groups in total. The van der Waals surface area contributed by atoms with E-state index in [2.05, 4.69) is 21.3 Å². The van der Waals surface area contributed by atoms with Gasteiger partial charge in [-0.1, -0.05) is 10.8 Å². The van der Waals surface area contributed by atoms with E-state index in [0.29, 0.717) is 24.5 Å². The average molecular weight is 446 g/mol. The van der Waals surface area contributed by atoms with Crippen LogP contribution in [0.1, 0.15) is 13.3 Å². The molecule has 0 aliphatic carbocycles. The van der Waals surface area contributed by atoms with Crippen LogP contribution in [0.4, 0.5) is 20.1 Å². The van der Waals surface area contributed by atoms with Crippen LogP contribution in [0.25, 0.3) is 0 Å². The molecular weight excluding hydrogens is 423 g/mol. The van der Waals surface area contributed by atoms with Gasteiger partial charge in [0.25, 0.3) is 6.47 Å². The topological polar surface area (TPSA) is 137 Å². The maximum atomic E-state index is 13.2. The number of carbonyl (C=O) groups is 3. The number of nitrogens with one attached hydrogen (secondary N) is 1. The molecule has 0 unspecified atom stereocenters. The zero-order valence-electron chi connectivity index (χ0n) is 16.3. The van der Waals surface area contributed by atoms with E-state index in [1.165, 1.54) is 11.0 Å². The minimum atomic E-state index is -5.23. The molecule has 3 rings (SSSR count). The third-order valence-corrected chi connectivity index (χ3v) is 5.04. The standard InChI is InChI=1S/C16H21FN4O5S.CH2O2/c1-2-19-7-9-20(10-8-19)13-4-3-12(11-14(13)26-27(17,24)25)21-6-5-15(22)18-16(21)23;2-1-3/h3-4,11H,2,5-10H2,1H3,(H,18,22,23);1H,(H,2,3). The first-order valence-electron chi connectivity index (χ1n) is 9.13. The summed E-state index contributed by atoms with van der Waals surface area (Å²) in [5.74, 6) is -0.575. The van der Waals surface area contributed by atoms with Gasteiger partial charge >= 0.3 is 16.5 Å². The van der Waals surface area contributed by atoms with Crippen LogP contribution in [-0.2, 0) is 20.1 Å². The highest BCUT2D eigenvalue weighted by Gasteiger charge is 2.27. The Morgan fingerprint density at radius 3 is 2.37 bits per heavy atom. The first-order chi connectivity index (χ1) is 14.2. The number of hydrogen-bond acceptors (Lipinski definition) is 8. The third-order valence-electron chi connectivity index (χ3n) is 4.66.